The van der Waals surface area contributed by atoms with Crippen LogP contribution < -0.4 is 4.74 Å². The van der Waals surface area contributed by atoms with Crippen molar-refractivity contribution in [2.45, 2.75) is 12.8 Å². The zero-order valence-corrected chi connectivity index (χ0v) is 13.1. The second-order valence-electron chi connectivity index (χ2n) is 4.88. The van der Waals surface area contributed by atoms with Gasteiger partial charge in [0.05, 0.1) is 7.11 Å². The maximum absolute atomic E-state index is 13.7. The molecule has 0 saturated carbocycles. The van der Waals surface area contributed by atoms with E-state index in [1.165, 1.54) is 12.7 Å². The molecule has 2 aromatic carbocycles. The summed E-state index contributed by atoms with van der Waals surface area (Å²) in [5, 5.41) is 0.898. The van der Waals surface area contributed by atoms with Crippen molar-refractivity contribution < 1.29 is 9.13 Å². The summed E-state index contributed by atoms with van der Waals surface area (Å²) in [6.07, 6.45) is 1.83. The van der Waals surface area contributed by atoms with Gasteiger partial charge in [-0.05, 0) is 42.0 Å². The van der Waals surface area contributed by atoms with Gasteiger partial charge in [-0.1, -0.05) is 52.3 Å². The van der Waals surface area contributed by atoms with Gasteiger partial charge >= 0.3 is 0 Å². The third kappa shape index (κ3) is 4.07. The first-order valence-electron chi connectivity index (χ1n) is 6.65. The van der Waals surface area contributed by atoms with E-state index in [2.05, 4.69) is 28.1 Å². The highest BCUT2D eigenvalue weighted by molar-refractivity contribution is 9.09. The zero-order chi connectivity index (χ0) is 14.4. The lowest BCUT2D eigenvalue weighted by Gasteiger charge is -2.15. The molecule has 0 spiro atoms. The molecule has 2 rings (SSSR count). The molecular weight excluding hydrogens is 319 g/mol. The van der Waals surface area contributed by atoms with E-state index in [4.69, 9.17) is 4.74 Å². The quantitative estimate of drug-likeness (QED) is 0.699. The Morgan fingerprint density at radius 2 is 1.75 bits per heavy atom. The summed E-state index contributed by atoms with van der Waals surface area (Å²) in [5.74, 6) is 0.454. The molecule has 1 atom stereocenters. The predicted molar refractivity (Wildman–Crippen MR) is 84.1 cm³/mol. The summed E-state index contributed by atoms with van der Waals surface area (Å²) in [6.45, 7) is 0. The van der Waals surface area contributed by atoms with Crippen LogP contribution in [0.4, 0.5) is 4.39 Å². The second-order valence-corrected chi connectivity index (χ2v) is 5.53. The van der Waals surface area contributed by atoms with E-state index < -0.39 is 0 Å². The Balaban J connectivity index is 2.04. The minimum Gasteiger partial charge on any atom is -0.494 e. The van der Waals surface area contributed by atoms with Crippen LogP contribution in [0.5, 0.6) is 5.75 Å². The molecule has 0 aliphatic heterocycles. The van der Waals surface area contributed by atoms with Crippen LogP contribution in [-0.2, 0) is 12.8 Å². The molecule has 106 valence electrons. The summed E-state index contributed by atoms with van der Waals surface area (Å²) in [6, 6.07) is 15.6. The average Bonchev–Trinajstić information content (AvgIpc) is 2.48. The third-order valence-electron chi connectivity index (χ3n) is 3.33. The lowest BCUT2D eigenvalue weighted by molar-refractivity contribution is 0.386. The Kier molecular flexibility index (Phi) is 5.60. The van der Waals surface area contributed by atoms with Gasteiger partial charge < -0.3 is 4.74 Å². The highest BCUT2D eigenvalue weighted by Crippen LogP contribution is 2.22. The largest absolute Gasteiger partial charge is 0.494 e. The molecule has 0 amide bonds. The molecule has 0 aromatic heterocycles. The summed E-state index contributed by atoms with van der Waals surface area (Å²) >= 11 is 3.56. The SMILES string of the molecule is COc1ccc(CC(CBr)Cc2ccccc2)cc1F. The number of hydrogen-bond acceptors (Lipinski definition) is 1. The van der Waals surface area contributed by atoms with Crippen molar-refractivity contribution in [3.63, 3.8) is 0 Å². The second kappa shape index (κ2) is 7.44. The Bertz CT molecular complexity index is 542. The van der Waals surface area contributed by atoms with Gasteiger partial charge in [0.1, 0.15) is 0 Å². The van der Waals surface area contributed by atoms with Crippen LogP contribution in [0.15, 0.2) is 48.5 Å². The van der Waals surface area contributed by atoms with Crippen LogP contribution in [-0.4, -0.2) is 12.4 Å². The first-order valence-corrected chi connectivity index (χ1v) is 7.77. The van der Waals surface area contributed by atoms with E-state index in [1.807, 2.05) is 24.3 Å². The highest BCUT2D eigenvalue weighted by atomic mass is 79.9. The van der Waals surface area contributed by atoms with Crippen LogP contribution in [0.1, 0.15) is 11.1 Å². The Morgan fingerprint density at radius 3 is 2.35 bits per heavy atom. The maximum Gasteiger partial charge on any atom is 0.165 e. The summed E-state index contributed by atoms with van der Waals surface area (Å²) in [5.41, 5.74) is 2.31. The van der Waals surface area contributed by atoms with Gasteiger partial charge in [-0.2, -0.15) is 0 Å². The lowest BCUT2D eigenvalue weighted by Crippen LogP contribution is -2.10. The van der Waals surface area contributed by atoms with Gasteiger partial charge in [-0.25, -0.2) is 4.39 Å². The van der Waals surface area contributed by atoms with Crippen LogP contribution in [0, 0.1) is 11.7 Å². The van der Waals surface area contributed by atoms with Crippen LogP contribution >= 0.6 is 15.9 Å². The third-order valence-corrected chi connectivity index (χ3v) is 4.24. The molecule has 1 unspecified atom stereocenters. The van der Waals surface area contributed by atoms with Crippen molar-refractivity contribution in [2.24, 2.45) is 5.92 Å². The number of benzene rings is 2. The molecule has 20 heavy (non-hydrogen) atoms. The standard InChI is InChI=1S/C17H18BrFO/c1-20-17-8-7-14(11-16(17)19)10-15(12-18)9-13-5-3-2-4-6-13/h2-8,11,15H,9-10,12H2,1H3. The van der Waals surface area contributed by atoms with E-state index in [0.29, 0.717) is 11.7 Å². The van der Waals surface area contributed by atoms with Crippen LogP contribution in [0.2, 0.25) is 0 Å². The fraction of sp³-hybridized carbons (Fsp3) is 0.294. The first kappa shape index (κ1) is 15.0. The average molecular weight is 337 g/mol. The monoisotopic (exact) mass is 336 g/mol. The molecule has 1 nitrogen and oxygen atoms in total. The molecule has 0 aliphatic carbocycles. The fourth-order valence-corrected chi connectivity index (χ4v) is 2.76. The summed E-state index contributed by atoms with van der Waals surface area (Å²) in [4.78, 5) is 0. The molecule has 0 radical (unpaired) electrons. The fourth-order valence-electron chi connectivity index (χ4n) is 2.30. The Hall–Kier alpha value is -1.35. The molecule has 0 N–H and O–H groups in total. The maximum atomic E-state index is 13.7. The molecule has 2 aromatic rings. The van der Waals surface area contributed by atoms with Gasteiger partial charge in [0, 0.05) is 5.33 Å². The predicted octanol–water partition coefficient (Wildman–Crippen LogP) is 4.63. The highest BCUT2D eigenvalue weighted by Gasteiger charge is 2.11. The number of ether oxygens (including phenoxy) is 1. The molecule has 0 saturated heterocycles. The van der Waals surface area contributed by atoms with Crippen LogP contribution in [0.25, 0.3) is 0 Å². The molecule has 0 heterocycles. The smallest absolute Gasteiger partial charge is 0.165 e. The van der Waals surface area contributed by atoms with Crippen molar-refractivity contribution >= 4 is 15.9 Å². The normalized spacial score (nSPS) is 12.2. The van der Waals surface area contributed by atoms with E-state index in [-0.39, 0.29) is 5.82 Å². The van der Waals surface area contributed by atoms with E-state index in [1.54, 1.807) is 12.1 Å². The van der Waals surface area contributed by atoms with Crippen molar-refractivity contribution in [3.05, 3.63) is 65.5 Å². The van der Waals surface area contributed by atoms with Crippen molar-refractivity contribution in [1.29, 1.82) is 0 Å². The Morgan fingerprint density at radius 1 is 1.05 bits per heavy atom. The minimum absolute atomic E-state index is 0.293. The number of rotatable bonds is 6. The van der Waals surface area contributed by atoms with Crippen molar-refractivity contribution in [2.75, 3.05) is 12.4 Å². The van der Waals surface area contributed by atoms with Gasteiger partial charge in [-0.3, -0.25) is 0 Å². The van der Waals surface area contributed by atoms with Gasteiger partial charge in [0.2, 0.25) is 0 Å². The number of hydrogen-bond donors (Lipinski definition) is 0. The number of alkyl halides is 1. The van der Waals surface area contributed by atoms with E-state index in [9.17, 15) is 4.39 Å². The molecule has 0 bridgehead atoms. The first-order chi connectivity index (χ1) is 9.72. The number of methoxy groups -OCH3 is 1. The van der Waals surface area contributed by atoms with Gasteiger partial charge in [0.15, 0.2) is 11.6 Å². The molecular formula is C17H18BrFO. The van der Waals surface area contributed by atoms with E-state index in [0.717, 1.165) is 23.7 Å². The van der Waals surface area contributed by atoms with Crippen molar-refractivity contribution in [3.8, 4) is 5.75 Å². The van der Waals surface area contributed by atoms with Crippen molar-refractivity contribution in [1.82, 2.24) is 0 Å². The number of halogens is 2. The summed E-state index contributed by atoms with van der Waals surface area (Å²) in [7, 11) is 1.48. The van der Waals surface area contributed by atoms with E-state index >= 15 is 0 Å². The zero-order valence-electron chi connectivity index (χ0n) is 11.5. The Labute approximate surface area is 127 Å². The van der Waals surface area contributed by atoms with Gasteiger partial charge in [-0.15, -0.1) is 0 Å². The van der Waals surface area contributed by atoms with Crippen LogP contribution in [0.3, 0.4) is 0 Å². The molecule has 0 aliphatic rings. The topological polar surface area (TPSA) is 9.23 Å². The minimum atomic E-state index is -0.293. The molecule has 3 heteroatoms. The lowest BCUT2D eigenvalue weighted by atomic mass is 9.94. The molecule has 0 fully saturated rings. The van der Waals surface area contributed by atoms with Gasteiger partial charge in [0.25, 0.3) is 0 Å². The summed E-state index contributed by atoms with van der Waals surface area (Å²) < 4.78 is 18.6.